The van der Waals surface area contributed by atoms with Crippen molar-refractivity contribution in [2.75, 3.05) is 31.7 Å². The number of benzene rings is 1. The number of rotatable bonds is 6. The Morgan fingerprint density at radius 1 is 1.17 bits per heavy atom. The van der Waals surface area contributed by atoms with Crippen LogP contribution in [0.15, 0.2) is 35.9 Å². The first-order valence-electron chi connectivity index (χ1n) is 11.7. The van der Waals surface area contributed by atoms with Crippen molar-refractivity contribution in [3.8, 4) is 0 Å². The maximum atomic E-state index is 12.8. The van der Waals surface area contributed by atoms with Gasteiger partial charge in [-0.1, -0.05) is 18.2 Å². The average Bonchev–Trinajstić information content (AvgIpc) is 3.37. The third kappa shape index (κ3) is 5.79. The Morgan fingerprint density at radius 2 is 1.94 bits per heavy atom. The summed E-state index contributed by atoms with van der Waals surface area (Å²) in [6.07, 6.45) is 0.973. The molecule has 0 spiro atoms. The minimum atomic E-state index is -4.24. The van der Waals surface area contributed by atoms with Crippen LogP contribution in [0.4, 0.5) is 19.0 Å². The molecule has 3 heterocycles. The fourth-order valence-electron chi connectivity index (χ4n) is 4.80. The topological polar surface area (TPSA) is 58.1 Å². The molecule has 0 radical (unpaired) electrons. The standard InChI is InChI=1S/C25H28F3N4OPS/c1-34(2,33)20-10-17-4-3-16(9-18(17)11-20)14-32-7-5-19(6-8-32)31-23-22-12-21(13-25(26,27)28)35-24(22)30-15-29-23/h3-4,9,11-12,15,19H,5-8,10,13-14H2,1-2H3,(H,29,30,31). The number of nitrogens with one attached hydrogen (secondary N) is 1. The normalized spacial score (nSPS) is 17.6. The molecule has 1 aliphatic heterocycles. The lowest BCUT2D eigenvalue weighted by Crippen LogP contribution is -2.38. The summed E-state index contributed by atoms with van der Waals surface area (Å²) in [7, 11) is -2.22. The van der Waals surface area contributed by atoms with Crippen molar-refractivity contribution in [2.45, 2.75) is 44.4 Å². The molecule has 0 amide bonds. The van der Waals surface area contributed by atoms with Crippen molar-refractivity contribution in [1.82, 2.24) is 14.9 Å². The van der Waals surface area contributed by atoms with Crippen LogP contribution < -0.4 is 5.32 Å². The number of alkyl halides is 3. The zero-order valence-corrected chi connectivity index (χ0v) is 21.4. The van der Waals surface area contributed by atoms with E-state index in [2.05, 4.69) is 44.5 Å². The van der Waals surface area contributed by atoms with Gasteiger partial charge < -0.3 is 9.88 Å². The molecule has 0 bridgehead atoms. The monoisotopic (exact) mass is 520 g/mol. The molecule has 1 aromatic carbocycles. The lowest BCUT2D eigenvalue weighted by Gasteiger charge is -2.32. The Hall–Kier alpha value is -2.22. The number of fused-ring (bicyclic) bond motifs is 2. The Labute approximate surface area is 206 Å². The van der Waals surface area contributed by atoms with E-state index in [9.17, 15) is 17.7 Å². The number of aromatic nitrogens is 2. The van der Waals surface area contributed by atoms with E-state index >= 15 is 0 Å². The first kappa shape index (κ1) is 24.5. The van der Waals surface area contributed by atoms with Crippen molar-refractivity contribution < 1.29 is 17.7 Å². The molecular weight excluding hydrogens is 492 g/mol. The van der Waals surface area contributed by atoms with Crippen molar-refractivity contribution in [1.29, 1.82) is 0 Å². The molecule has 35 heavy (non-hydrogen) atoms. The molecule has 5 rings (SSSR count). The minimum absolute atomic E-state index is 0.212. The molecule has 3 aromatic rings. The molecule has 10 heteroatoms. The smallest absolute Gasteiger partial charge is 0.367 e. The van der Waals surface area contributed by atoms with E-state index in [1.54, 1.807) is 6.07 Å². The molecular formula is C25H28F3N4OPS. The van der Waals surface area contributed by atoms with Gasteiger partial charge in [-0.2, -0.15) is 13.2 Å². The highest BCUT2D eigenvalue weighted by Gasteiger charge is 2.29. The number of hydrogen-bond acceptors (Lipinski definition) is 6. The zero-order chi connectivity index (χ0) is 24.8. The van der Waals surface area contributed by atoms with Crippen LogP contribution in [0.1, 0.15) is 34.4 Å². The number of nitrogens with zero attached hydrogens (tertiary/aromatic N) is 3. The second-order valence-electron chi connectivity index (χ2n) is 9.84. The van der Waals surface area contributed by atoms with E-state index < -0.39 is 19.7 Å². The van der Waals surface area contributed by atoms with Crippen LogP contribution >= 0.6 is 18.5 Å². The van der Waals surface area contributed by atoms with Crippen LogP contribution in [-0.2, 0) is 24.0 Å². The number of anilines is 1. The Bertz CT molecular complexity index is 1320. The molecule has 5 nitrogen and oxygen atoms in total. The van der Waals surface area contributed by atoms with Crippen LogP contribution in [0.25, 0.3) is 16.3 Å². The second-order valence-corrected chi connectivity index (χ2v) is 14.2. The van der Waals surface area contributed by atoms with Gasteiger partial charge in [-0.15, -0.1) is 11.3 Å². The lowest BCUT2D eigenvalue weighted by molar-refractivity contribution is -0.126. The van der Waals surface area contributed by atoms with Crippen LogP contribution in [0.2, 0.25) is 0 Å². The predicted molar refractivity (Wildman–Crippen MR) is 137 cm³/mol. The van der Waals surface area contributed by atoms with E-state index in [4.69, 9.17) is 0 Å². The SMILES string of the molecule is CP(C)(=O)C1=Cc2cc(CN3CCC(Nc4ncnc5sc(CC(F)(F)F)cc45)CC3)ccc2C1. The largest absolute Gasteiger partial charge is 0.393 e. The summed E-state index contributed by atoms with van der Waals surface area (Å²) < 4.78 is 50.8. The van der Waals surface area contributed by atoms with Crippen molar-refractivity contribution in [3.63, 3.8) is 0 Å². The first-order valence-corrected chi connectivity index (χ1v) is 15.1. The van der Waals surface area contributed by atoms with Gasteiger partial charge in [-0.05, 0) is 60.3 Å². The van der Waals surface area contributed by atoms with E-state index in [0.717, 1.165) is 55.5 Å². The number of piperidine rings is 1. The molecule has 0 unspecified atom stereocenters. The van der Waals surface area contributed by atoms with Crippen LogP contribution in [0, 0.1) is 0 Å². The second kappa shape index (κ2) is 9.34. The predicted octanol–water partition coefficient (Wildman–Crippen LogP) is 6.39. The van der Waals surface area contributed by atoms with E-state index in [0.29, 0.717) is 16.0 Å². The Balaban J connectivity index is 1.19. The summed E-state index contributed by atoms with van der Waals surface area (Å²) in [5, 5.41) is 5.16. The third-order valence-corrected chi connectivity index (χ3v) is 9.40. The quantitative estimate of drug-likeness (QED) is 0.382. The van der Waals surface area contributed by atoms with Crippen LogP contribution in [0.3, 0.4) is 0 Å². The molecule has 0 atom stereocenters. The van der Waals surface area contributed by atoms with Gasteiger partial charge in [0.1, 0.15) is 24.1 Å². The third-order valence-electron chi connectivity index (χ3n) is 6.69. The summed E-state index contributed by atoms with van der Waals surface area (Å²) in [6.45, 7) is 6.37. The summed E-state index contributed by atoms with van der Waals surface area (Å²) >= 11 is 1.07. The van der Waals surface area contributed by atoms with Crippen LogP contribution in [0.5, 0.6) is 0 Å². The van der Waals surface area contributed by atoms with E-state index in [1.165, 1.54) is 23.0 Å². The van der Waals surface area contributed by atoms with E-state index in [-0.39, 0.29) is 10.9 Å². The Morgan fingerprint density at radius 3 is 2.66 bits per heavy atom. The summed E-state index contributed by atoms with van der Waals surface area (Å²) in [5.41, 5.74) is 3.69. The summed E-state index contributed by atoms with van der Waals surface area (Å²) in [4.78, 5) is 11.7. The van der Waals surface area contributed by atoms with Gasteiger partial charge in [0.15, 0.2) is 0 Å². The van der Waals surface area contributed by atoms with E-state index in [1.807, 2.05) is 13.3 Å². The average molecular weight is 521 g/mol. The minimum Gasteiger partial charge on any atom is -0.367 e. The highest BCUT2D eigenvalue weighted by Crippen LogP contribution is 2.51. The number of hydrogen-bond donors (Lipinski definition) is 1. The highest BCUT2D eigenvalue weighted by atomic mass is 32.1. The molecule has 1 saturated heterocycles. The van der Waals surface area contributed by atoms with Gasteiger partial charge >= 0.3 is 6.18 Å². The van der Waals surface area contributed by atoms with Crippen molar-refractivity contribution in [2.24, 2.45) is 0 Å². The van der Waals surface area contributed by atoms with Gasteiger partial charge in [0, 0.05) is 37.0 Å². The van der Waals surface area contributed by atoms with Crippen molar-refractivity contribution in [3.05, 3.63) is 57.5 Å². The van der Waals surface area contributed by atoms with Gasteiger partial charge in [-0.25, -0.2) is 9.97 Å². The van der Waals surface area contributed by atoms with Gasteiger partial charge in [0.05, 0.1) is 11.8 Å². The fraction of sp³-hybridized carbons (Fsp3) is 0.440. The molecule has 0 saturated carbocycles. The number of likely N-dealkylation sites (tertiary alicyclic amines) is 1. The van der Waals surface area contributed by atoms with Crippen molar-refractivity contribution >= 4 is 40.6 Å². The Kier molecular flexibility index (Phi) is 6.53. The maximum Gasteiger partial charge on any atom is 0.393 e. The number of thiophene rings is 1. The van der Waals surface area contributed by atoms with Gasteiger partial charge in [0.25, 0.3) is 0 Å². The summed E-state index contributed by atoms with van der Waals surface area (Å²) in [6, 6.07) is 8.32. The highest BCUT2D eigenvalue weighted by molar-refractivity contribution is 7.66. The fourth-order valence-corrected chi connectivity index (χ4v) is 6.83. The van der Waals surface area contributed by atoms with Gasteiger partial charge in [-0.3, -0.25) is 4.90 Å². The molecule has 186 valence electrons. The molecule has 1 fully saturated rings. The van der Waals surface area contributed by atoms with Gasteiger partial charge in [0.2, 0.25) is 0 Å². The number of allylic oxidation sites excluding steroid dienone is 1. The molecule has 2 aromatic heterocycles. The van der Waals surface area contributed by atoms with Crippen LogP contribution in [-0.4, -0.2) is 53.5 Å². The molecule has 1 N–H and O–H groups in total. The maximum absolute atomic E-state index is 12.8. The first-order chi connectivity index (χ1) is 16.5. The molecule has 2 aliphatic rings. The summed E-state index contributed by atoms with van der Waals surface area (Å²) in [5.74, 6) is 0.614. The number of halogens is 3. The molecule has 1 aliphatic carbocycles. The zero-order valence-electron chi connectivity index (χ0n) is 19.7. The lowest BCUT2D eigenvalue weighted by atomic mass is 10.0.